The Balaban J connectivity index is -0.0000000651. The lowest BCUT2D eigenvalue weighted by Crippen LogP contribution is -1.98. The van der Waals surface area contributed by atoms with Crippen molar-refractivity contribution in [1.82, 2.24) is 12.3 Å². The van der Waals surface area contributed by atoms with E-state index in [1.165, 1.54) is 7.11 Å². The molecule has 0 atom stereocenters. The Morgan fingerprint density at radius 1 is 1.29 bits per heavy atom. The Bertz CT molecular complexity index is 251. The van der Waals surface area contributed by atoms with Gasteiger partial charge in [0.1, 0.15) is 0 Å². The molecule has 0 saturated carbocycles. The third kappa shape index (κ3) is 44.0. The van der Waals surface area contributed by atoms with Crippen molar-refractivity contribution in [2.75, 3.05) is 7.11 Å². The summed E-state index contributed by atoms with van der Waals surface area (Å²) < 4.78 is 38.4. The summed E-state index contributed by atoms with van der Waals surface area (Å²) >= 11 is 0. The molecule has 0 rings (SSSR count). The van der Waals surface area contributed by atoms with Crippen LogP contribution in [0, 0.1) is 0 Å². The number of ether oxygens (including phenoxy) is 1. The van der Waals surface area contributed by atoms with Crippen LogP contribution in [-0.2, 0) is 19.9 Å². The van der Waals surface area contributed by atoms with Gasteiger partial charge in [-0.2, -0.15) is 0 Å². The normalized spacial score (nSPS) is 8.00. The minimum absolute atomic E-state index is 0. The monoisotopic (exact) mass is 232 g/mol. The first-order valence-electron chi connectivity index (χ1n) is 2.59. The highest BCUT2D eigenvalue weighted by Gasteiger charge is 1.95. The molecule has 0 heterocycles. The van der Waals surface area contributed by atoms with Gasteiger partial charge in [-0.15, -0.1) is 0 Å². The Labute approximate surface area is 82.7 Å². The average Bonchev–Trinajstić information content (AvgIpc) is 1.82. The summed E-state index contributed by atoms with van der Waals surface area (Å²) in [5.41, 5.74) is 0.433. The van der Waals surface area contributed by atoms with Crippen molar-refractivity contribution < 1.29 is 27.1 Å². The van der Waals surface area contributed by atoms with Gasteiger partial charge >= 0.3 is 5.97 Å². The molecule has 0 radical (unpaired) electrons. The predicted molar refractivity (Wildman–Crippen MR) is 49.3 cm³/mol. The van der Waals surface area contributed by atoms with E-state index in [0.29, 0.717) is 5.57 Å². The number of carbonyl (C=O) groups is 1. The SMILES string of the molecule is C=C(C)C(=O)OC.O=S(=O)([O-])[O-].[NH4+].[NH4+]. The molecule has 0 amide bonds. The first-order chi connectivity index (χ1) is 5.18. The van der Waals surface area contributed by atoms with Crippen molar-refractivity contribution in [2.24, 2.45) is 0 Å². The van der Waals surface area contributed by atoms with Gasteiger partial charge in [0, 0.05) is 16.0 Å². The van der Waals surface area contributed by atoms with E-state index in [4.69, 9.17) is 17.5 Å². The van der Waals surface area contributed by atoms with Crippen molar-refractivity contribution in [3.05, 3.63) is 12.2 Å². The van der Waals surface area contributed by atoms with E-state index in [1.807, 2.05) is 0 Å². The summed E-state index contributed by atoms with van der Waals surface area (Å²) in [6.45, 7) is 4.95. The molecule has 0 spiro atoms. The van der Waals surface area contributed by atoms with E-state index in [9.17, 15) is 4.79 Å². The van der Waals surface area contributed by atoms with Crippen molar-refractivity contribution in [2.45, 2.75) is 6.92 Å². The second kappa shape index (κ2) is 10.1. The van der Waals surface area contributed by atoms with Crippen molar-refractivity contribution >= 4 is 16.4 Å². The second-order valence-electron chi connectivity index (χ2n) is 1.68. The zero-order chi connectivity index (χ0) is 10.4. The van der Waals surface area contributed by atoms with Gasteiger partial charge in [0.15, 0.2) is 0 Å². The van der Waals surface area contributed by atoms with Gasteiger partial charge in [0.05, 0.1) is 7.11 Å². The Morgan fingerprint density at radius 2 is 1.50 bits per heavy atom. The zero-order valence-corrected chi connectivity index (χ0v) is 9.38. The molecule has 0 aromatic rings. The molecule has 0 saturated heterocycles. The average molecular weight is 232 g/mol. The van der Waals surface area contributed by atoms with Crippen LogP contribution in [0.5, 0.6) is 0 Å². The summed E-state index contributed by atoms with van der Waals surface area (Å²) in [4.78, 5) is 10.2. The highest BCUT2D eigenvalue weighted by Crippen LogP contribution is 1.87. The molecule has 0 aromatic carbocycles. The van der Waals surface area contributed by atoms with Gasteiger partial charge in [-0.1, -0.05) is 6.58 Å². The molecule has 0 aliphatic heterocycles. The van der Waals surface area contributed by atoms with Gasteiger partial charge in [-0.3, -0.25) is 8.42 Å². The minimum Gasteiger partial charge on any atom is -0.759 e. The second-order valence-corrected chi connectivity index (χ2v) is 2.50. The first kappa shape index (κ1) is 23.1. The van der Waals surface area contributed by atoms with Gasteiger partial charge in [0.2, 0.25) is 0 Å². The maximum atomic E-state index is 10.2. The van der Waals surface area contributed by atoms with Crippen LogP contribution in [0.15, 0.2) is 12.2 Å². The number of methoxy groups -OCH3 is 1. The van der Waals surface area contributed by atoms with Crippen LogP contribution in [0.25, 0.3) is 0 Å². The van der Waals surface area contributed by atoms with E-state index in [1.54, 1.807) is 6.92 Å². The standard InChI is InChI=1S/C5H8O2.2H3N.H2O4S/c1-4(2)5(6)7-3;;;1-5(2,3)4/h1H2,2-3H3;2*1H3;(H2,1,2,3,4). The van der Waals surface area contributed by atoms with Crippen LogP contribution in [0.3, 0.4) is 0 Å². The smallest absolute Gasteiger partial charge is 0.332 e. The van der Waals surface area contributed by atoms with E-state index < -0.39 is 10.4 Å². The third-order valence-corrected chi connectivity index (χ3v) is 0.534. The van der Waals surface area contributed by atoms with Gasteiger partial charge in [-0.25, -0.2) is 4.79 Å². The van der Waals surface area contributed by atoms with Gasteiger partial charge in [-0.05, 0) is 6.92 Å². The number of hydrogen-bond donors (Lipinski definition) is 2. The van der Waals surface area contributed by atoms with E-state index in [-0.39, 0.29) is 18.3 Å². The summed E-state index contributed by atoms with van der Waals surface area (Å²) in [5, 5.41) is 0. The number of esters is 1. The molecular weight excluding hydrogens is 216 g/mol. The van der Waals surface area contributed by atoms with Crippen molar-refractivity contribution in [3.63, 3.8) is 0 Å². The molecule has 88 valence electrons. The summed E-state index contributed by atoms with van der Waals surface area (Å²) in [5.74, 6) is -0.347. The fourth-order valence-electron chi connectivity index (χ4n) is 0.174. The topological polar surface area (TPSA) is 180 Å². The van der Waals surface area contributed by atoms with Crippen LogP contribution >= 0.6 is 0 Å². The molecule has 0 fully saturated rings. The number of rotatable bonds is 1. The lowest BCUT2D eigenvalue weighted by molar-refractivity contribution is -0.136. The van der Waals surface area contributed by atoms with E-state index >= 15 is 0 Å². The first-order valence-corrected chi connectivity index (χ1v) is 3.92. The van der Waals surface area contributed by atoms with Gasteiger partial charge < -0.3 is 26.1 Å². The predicted octanol–water partition coefficient (Wildman–Crippen LogP) is 0.150. The maximum absolute atomic E-state index is 10.2. The van der Waals surface area contributed by atoms with Crippen LogP contribution in [0.2, 0.25) is 0 Å². The van der Waals surface area contributed by atoms with Crippen molar-refractivity contribution in [1.29, 1.82) is 0 Å². The van der Waals surface area contributed by atoms with Crippen molar-refractivity contribution in [3.8, 4) is 0 Å². The number of hydrogen-bond acceptors (Lipinski definition) is 6. The summed E-state index contributed by atoms with van der Waals surface area (Å²) in [6, 6.07) is 0. The van der Waals surface area contributed by atoms with Crippen LogP contribution < -0.4 is 12.3 Å². The van der Waals surface area contributed by atoms with E-state index in [0.717, 1.165) is 0 Å². The highest BCUT2D eigenvalue weighted by molar-refractivity contribution is 7.79. The lowest BCUT2D eigenvalue weighted by Gasteiger charge is -2.06. The highest BCUT2D eigenvalue weighted by atomic mass is 32.3. The maximum Gasteiger partial charge on any atom is 0.332 e. The molecule has 0 unspecified atom stereocenters. The molecular formula is C5H16N2O6S. The Morgan fingerprint density at radius 3 is 1.50 bits per heavy atom. The third-order valence-electron chi connectivity index (χ3n) is 0.534. The molecule has 0 aliphatic rings. The Hall–Kier alpha value is -1.00. The number of carbonyl (C=O) groups excluding carboxylic acids is 1. The fraction of sp³-hybridized carbons (Fsp3) is 0.400. The van der Waals surface area contributed by atoms with Gasteiger partial charge in [0.25, 0.3) is 0 Å². The van der Waals surface area contributed by atoms with Crippen LogP contribution in [0.4, 0.5) is 0 Å². The quantitative estimate of drug-likeness (QED) is 0.281. The van der Waals surface area contributed by atoms with Crippen LogP contribution in [0.1, 0.15) is 6.92 Å². The molecule has 8 N–H and O–H groups in total. The molecule has 14 heavy (non-hydrogen) atoms. The minimum atomic E-state index is -5.17. The fourth-order valence-corrected chi connectivity index (χ4v) is 0.174. The van der Waals surface area contributed by atoms with Crippen LogP contribution in [-0.4, -0.2) is 30.6 Å². The summed E-state index contributed by atoms with van der Waals surface area (Å²) in [6.07, 6.45) is 0. The lowest BCUT2D eigenvalue weighted by atomic mass is 10.4. The largest absolute Gasteiger partial charge is 0.759 e. The molecule has 0 bridgehead atoms. The number of quaternary nitrogens is 2. The summed E-state index contributed by atoms with van der Waals surface area (Å²) in [7, 11) is -3.84. The molecule has 8 nitrogen and oxygen atoms in total. The molecule has 9 heteroatoms. The zero-order valence-electron chi connectivity index (χ0n) is 8.56. The molecule has 0 aromatic heterocycles. The molecule has 0 aliphatic carbocycles. The Kier molecular flexibility index (Phi) is 16.6. The van der Waals surface area contributed by atoms with E-state index in [2.05, 4.69) is 11.3 Å².